The van der Waals surface area contributed by atoms with Crippen LogP contribution in [0, 0.1) is 13.8 Å². The highest BCUT2D eigenvalue weighted by Crippen LogP contribution is 2.35. The second-order valence-electron chi connectivity index (χ2n) is 11.7. The van der Waals surface area contributed by atoms with Crippen LogP contribution in [0.5, 0.6) is 17.4 Å². The smallest absolute Gasteiger partial charge is 0.262 e. The van der Waals surface area contributed by atoms with E-state index < -0.39 is 5.91 Å². The summed E-state index contributed by atoms with van der Waals surface area (Å²) < 4.78 is 11.9. The minimum absolute atomic E-state index is 0.0121. The van der Waals surface area contributed by atoms with Crippen LogP contribution in [0.3, 0.4) is 0 Å². The quantitative estimate of drug-likeness (QED) is 0.178. The molecule has 2 amide bonds. The van der Waals surface area contributed by atoms with Gasteiger partial charge in [-0.2, -0.15) is 4.98 Å². The summed E-state index contributed by atoms with van der Waals surface area (Å²) in [4.78, 5) is 42.0. The summed E-state index contributed by atoms with van der Waals surface area (Å²) >= 11 is 6.63. The first-order chi connectivity index (χ1) is 23.1. The molecule has 1 saturated heterocycles. The number of hydrogen-bond acceptors (Lipinski definition) is 9. The average Bonchev–Trinajstić information content (AvgIpc) is 3.08. The number of ether oxygens (including phenoxy) is 2. The molecule has 1 aliphatic rings. The van der Waals surface area contributed by atoms with Crippen LogP contribution in [0.25, 0.3) is 0 Å². The van der Waals surface area contributed by atoms with Gasteiger partial charge in [0, 0.05) is 68.5 Å². The maximum absolute atomic E-state index is 13.7. The third-order valence-corrected chi connectivity index (χ3v) is 8.73. The Morgan fingerprint density at radius 1 is 0.958 bits per heavy atom. The first kappa shape index (κ1) is 34.5. The number of aryl methyl sites for hydroxylation is 2. The lowest BCUT2D eigenvalue weighted by atomic mass is 10.1. The van der Waals surface area contributed by atoms with E-state index in [1.165, 1.54) is 6.20 Å². The first-order valence-corrected chi connectivity index (χ1v) is 16.4. The maximum Gasteiger partial charge on any atom is 0.262 e. The molecule has 2 heterocycles. The number of anilines is 4. The summed E-state index contributed by atoms with van der Waals surface area (Å²) in [6.07, 6.45) is 1.41. The zero-order valence-electron chi connectivity index (χ0n) is 28.3. The molecule has 5 rings (SSSR count). The zero-order chi connectivity index (χ0) is 34.4. The lowest BCUT2D eigenvalue weighted by molar-refractivity contribution is 0.0772. The molecule has 0 saturated carbocycles. The Morgan fingerprint density at radius 2 is 1.67 bits per heavy atom. The number of benzene rings is 3. The molecule has 252 valence electrons. The van der Waals surface area contributed by atoms with Gasteiger partial charge in [-0.1, -0.05) is 29.8 Å². The summed E-state index contributed by atoms with van der Waals surface area (Å²) in [6.45, 7) is 12.6. The van der Waals surface area contributed by atoms with E-state index in [1.807, 2.05) is 64.1 Å². The number of halogens is 1. The van der Waals surface area contributed by atoms with Crippen molar-refractivity contribution in [3.05, 3.63) is 88.1 Å². The lowest BCUT2D eigenvalue weighted by Gasteiger charge is -2.34. The Labute approximate surface area is 286 Å². The fourth-order valence-electron chi connectivity index (χ4n) is 5.56. The molecule has 0 atom stereocenters. The van der Waals surface area contributed by atoms with Crippen molar-refractivity contribution in [3.63, 3.8) is 0 Å². The topological polar surface area (TPSA) is 112 Å². The highest BCUT2D eigenvalue weighted by molar-refractivity contribution is 6.32. The van der Waals surface area contributed by atoms with Gasteiger partial charge in [-0.05, 0) is 76.2 Å². The van der Waals surface area contributed by atoms with Gasteiger partial charge < -0.3 is 34.8 Å². The molecule has 0 spiro atoms. The van der Waals surface area contributed by atoms with E-state index in [1.54, 1.807) is 30.2 Å². The van der Waals surface area contributed by atoms with Crippen LogP contribution in [-0.4, -0.2) is 85.0 Å². The summed E-state index contributed by atoms with van der Waals surface area (Å²) in [5.41, 5.74) is 4.76. The van der Waals surface area contributed by atoms with Crippen LogP contribution in [0.2, 0.25) is 5.02 Å². The SMILES string of the molecule is CCN(CC)C(=O)c1ccc(Oc2nc(Nc3ccc(N4CCN(C)CC4)c(OC)c3)ncc2C(=O)Nc2c(C)cccc2C)c(Cl)c1. The molecule has 11 nitrogen and oxygen atoms in total. The molecular formula is C36H42ClN7O4. The Hall–Kier alpha value is -4.87. The number of likely N-dealkylation sites (N-methyl/N-ethyl adjacent to an activating group) is 1. The minimum Gasteiger partial charge on any atom is -0.495 e. The number of rotatable bonds is 11. The van der Waals surface area contributed by atoms with E-state index in [-0.39, 0.29) is 34.1 Å². The number of para-hydroxylation sites is 1. The van der Waals surface area contributed by atoms with Gasteiger partial charge in [0.1, 0.15) is 17.1 Å². The molecule has 1 aliphatic heterocycles. The highest BCUT2D eigenvalue weighted by atomic mass is 35.5. The number of piperazine rings is 1. The van der Waals surface area contributed by atoms with Gasteiger partial charge >= 0.3 is 0 Å². The van der Waals surface area contributed by atoms with E-state index in [9.17, 15) is 9.59 Å². The van der Waals surface area contributed by atoms with Crippen molar-refractivity contribution < 1.29 is 19.1 Å². The van der Waals surface area contributed by atoms with Crippen molar-refractivity contribution in [2.75, 3.05) is 69.0 Å². The number of aromatic nitrogens is 2. The normalized spacial score (nSPS) is 13.2. The molecule has 2 N–H and O–H groups in total. The monoisotopic (exact) mass is 671 g/mol. The van der Waals surface area contributed by atoms with Gasteiger partial charge in [0.15, 0.2) is 0 Å². The number of nitrogens with one attached hydrogen (secondary N) is 2. The van der Waals surface area contributed by atoms with E-state index in [4.69, 9.17) is 21.1 Å². The number of nitrogens with zero attached hydrogens (tertiary/aromatic N) is 5. The molecule has 12 heteroatoms. The number of carbonyl (C=O) groups is 2. The third kappa shape index (κ3) is 7.80. The predicted molar refractivity (Wildman–Crippen MR) is 191 cm³/mol. The number of carbonyl (C=O) groups excluding carboxylic acids is 2. The average molecular weight is 672 g/mol. The van der Waals surface area contributed by atoms with Gasteiger partial charge in [-0.25, -0.2) is 4.98 Å². The molecule has 0 unspecified atom stereocenters. The second kappa shape index (κ2) is 15.4. The van der Waals surface area contributed by atoms with E-state index in [0.717, 1.165) is 48.7 Å². The van der Waals surface area contributed by atoms with Crippen LogP contribution in [0.4, 0.5) is 23.0 Å². The van der Waals surface area contributed by atoms with Crippen LogP contribution in [0.15, 0.2) is 60.8 Å². The Kier molecular flexibility index (Phi) is 11.0. The van der Waals surface area contributed by atoms with Crippen molar-refractivity contribution in [1.82, 2.24) is 19.8 Å². The van der Waals surface area contributed by atoms with Crippen molar-refractivity contribution in [2.45, 2.75) is 27.7 Å². The molecule has 1 aromatic heterocycles. The second-order valence-corrected chi connectivity index (χ2v) is 12.1. The van der Waals surface area contributed by atoms with Gasteiger partial charge in [-0.3, -0.25) is 9.59 Å². The van der Waals surface area contributed by atoms with Gasteiger partial charge in [0.2, 0.25) is 11.8 Å². The van der Waals surface area contributed by atoms with E-state index in [2.05, 4.69) is 37.4 Å². The van der Waals surface area contributed by atoms with Crippen LogP contribution in [-0.2, 0) is 0 Å². The van der Waals surface area contributed by atoms with Gasteiger partial charge in [0.25, 0.3) is 11.8 Å². The molecule has 0 radical (unpaired) electrons. The van der Waals surface area contributed by atoms with Crippen molar-refractivity contribution in [3.8, 4) is 17.4 Å². The van der Waals surface area contributed by atoms with Crippen LogP contribution in [0.1, 0.15) is 45.7 Å². The lowest BCUT2D eigenvalue weighted by Crippen LogP contribution is -2.44. The molecule has 0 aliphatic carbocycles. The summed E-state index contributed by atoms with van der Waals surface area (Å²) in [5.74, 6) is 0.559. The fraction of sp³-hybridized carbons (Fsp3) is 0.333. The van der Waals surface area contributed by atoms with Crippen molar-refractivity contribution >= 4 is 46.4 Å². The van der Waals surface area contributed by atoms with E-state index >= 15 is 0 Å². The fourth-order valence-corrected chi connectivity index (χ4v) is 5.78. The summed E-state index contributed by atoms with van der Waals surface area (Å²) in [7, 11) is 3.77. The molecule has 1 fully saturated rings. The molecule has 3 aromatic carbocycles. The number of methoxy groups -OCH3 is 1. The van der Waals surface area contributed by atoms with Gasteiger partial charge in [0.05, 0.1) is 17.8 Å². The van der Waals surface area contributed by atoms with Crippen molar-refractivity contribution in [1.29, 1.82) is 0 Å². The first-order valence-electron chi connectivity index (χ1n) is 16.0. The highest BCUT2D eigenvalue weighted by Gasteiger charge is 2.22. The van der Waals surface area contributed by atoms with Crippen LogP contribution >= 0.6 is 11.6 Å². The zero-order valence-corrected chi connectivity index (χ0v) is 29.0. The molecule has 48 heavy (non-hydrogen) atoms. The Balaban J connectivity index is 1.46. The number of hydrogen-bond donors (Lipinski definition) is 2. The molecule has 4 aromatic rings. The van der Waals surface area contributed by atoms with Crippen molar-refractivity contribution in [2.24, 2.45) is 0 Å². The van der Waals surface area contributed by atoms with E-state index in [0.29, 0.717) is 30.0 Å². The number of amides is 2. The maximum atomic E-state index is 13.7. The Bertz CT molecular complexity index is 1770. The largest absolute Gasteiger partial charge is 0.495 e. The predicted octanol–water partition coefficient (Wildman–Crippen LogP) is 6.78. The standard InChI is InChI=1S/C36H42ClN7O4/c1-7-43(8-2)35(46)25-12-15-30(28(37)20-25)48-34-27(33(45)40-32-23(3)10-9-11-24(32)4)22-38-36(41-34)39-26-13-14-29(31(21-26)47-6)44-18-16-42(5)17-19-44/h9-15,20-22H,7-8,16-19H2,1-6H3,(H,40,45)(H,38,39,41). The van der Waals surface area contributed by atoms with Crippen LogP contribution < -0.4 is 25.0 Å². The molecular weight excluding hydrogens is 630 g/mol. The Morgan fingerprint density at radius 3 is 2.31 bits per heavy atom. The summed E-state index contributed by atoms with van der Waals surface area (Å²) in [6, 6.07) is 16.4. The molecule has 0 bridgehead atoms. The van der Waals surface area contributed by atoms with Gasteiger partial charge in [-0.15, -0.1) is 0 Å². The third-order valence-electron chi connectivity index (χ3n) is 8.43. The summed E-state index contributed by atoms with van der Waals surface area (Å²) in [5, 5.41) is 6.40. The minimum atomic E-state index is -0.448.